The molecule has 0 heterocycles. The van der Waals surface area contributed by atoms with Gasteiger partial charge in [-0.05, 0) is 54.4 Å². The minimum Gasteiger partial charge on any atom is -0.369 e. The Balaban J connectivity index is 0.000000299. The van der Waals surface area contributed by atoms with E-state index in [4.69, 9.17) is 5.73 Å². The van der Waals surface area contributed by atoms with Crippen molar-refractivity contribution in [3.05, 3.63) is 35.9 Å². The molecule has 0 saturated heterocycles. The molecule has 1 aromatic carbocycles. The van der Waals surface area contributed by atoms with Crippen molar-refractivity contribution in [1.82, 2.24) is 0 Å². The van der Waals surface area contributed by atoms with E-state index in [0.29, 0.717) is 11.3 Å². The molecule has 1 amide bonds. The SMILES string of the molecule is C1CCCCC1.CC1(C)CC2CC(C)(C(N)=O)CC(c3ccccc3)(C2)C1. The summed E-state index contributed by atoms with van der Waals surface area (Å²) >= 11 is 0. The Labute approximate surface area is 166 Å². The smallest absolute Gasteiger partial charge is 0.223 e. The van der Waals surface area contributed by atoms with Crippen LogP contribution in [0.1, 0.15) is 97.0 Å². The van der Waals surface area contributed by atoms with Gasteiger partial charge >= 0.3 is 0 Å². The summed E-state index contributed by atoms with van der Waals surface area (Å²) in [6, 6.07) is 10.8. The fourth-order valence-electron chi connectivity index (χ4n) is 6.56. The van der Waals surface area contributed by atoms with Crippen molar-refractivity contribution in [3.63, 3.8) is 0 Å². The normalized spacial score (nSPS) is 34.9. The molecule has 1 aromatic rings. The summed E-state index contributed by atoms with van der Waals surface area (Å²) in [4.78, 5) is 12.1. The predicted molar refractivity (Wildman–Crippen MR) is 113 cm³/mol. The highest BCUT2D eigenvalue weighted by atomic mass is 16.1. The van der Waals surface area contributed by atoms with Crippen LogP contribution < -0.4 is 5.73 Å². The molecule has 3 fully saturated rings. The predicted octanol–water partition coefficient (Wildman–Crippen LogP) is 6.38. The zero-order valence-corrected chi connectivity index (χ0v) is 17.7. The van der Waals surface area contributed by atoms with Crippen LogP contribution in [0.25, 0.3) is 0 Å². The van der Waals surface area contributed by atoms with Crippen LogP contribution >= 0.6 is 0 Å². The standard InChI is InChI=1S/C19H27NO.C6H12/c1-17(2)9-14-10-18(3,16(20)21)13-19(11-14,12-17)15-7-5-4-6-8-15;1-2-4-6-5-3-1/h4-8,14H,9-13H2,1-3H3,(H2,20,21);1-6H2. The monoisotopic (exact) mass is 369 g/mol. The average Bonchev–Trinajstić information content (AvgIpc) is 2.62. The first-order valence-corrected chi connectivity index (χ1v) is 11.1. The van der Waals surface area contributed by atoms with Gasteiger partial charge < -0.3 is 5.73 Å². The minimum absolute atomic E-state index is 0.118. The molecular formula is C25H39NO. The lowest BCUT2D eigenvalue weighted by molar-refractivity contribution is -0.134. The molecule has 0 aliphatic heterocycles. The van der Waals surface area contributed by atoms with Crippen LogP contribution in [-0.4, -0.2) is 5.91 Å². The summed E-state index contributed by atoms with van der Waals surface area (Å²) < 4.78 is 0. The number of rotatable bonds is 2. The molecule has 150 valence electrons. The van der Waals surface area contributed by atoms with Crippen molar-refractivity contribution in [3.8, 4) is 0 Å². The van der Waals surface area contributed by atoms with Gasteiger partial charge in [0.15, 0.2) is 0 Å². The molecule has 2 bridgehead atoms. The highest BCUT2D eigenvalue weighted by Crippen LogP contribution is 2.60. The van der Waals surface area contributed by atoms with Gasteiger partial charge in [-0.2, -0.15) is 0 Å². The summed E-state index contributed by atoms with van der Waals surface area (Å²) in [5.41, 5.74) is 7.28. The molecule has 2 heteroatoms. The lowest BCUT2D eigenvalue weighted by Gasteiger charge is -2.56. The van der Waals surface area contributed by atoms with Gasteiger partial charge in [-0.1, -0.05) is 89.6 Å². The average molecular weight is 370 g/mol. The molecule has 2 N–H and O–H groups in total. The Hall–Kier alpha value is -1.31. The third kappa shape index (κ3) is 4.76. The van der Waals surface area contributed by atoms with Crippen molar-refractivity contribution >= 4 is 5.91 Å². The molecule has 27 heavy (non-hydrogen) atoms. The number of carbonyl (C=O) groups excluding carboxylic acids is 1. The van der Waals surface area contributed by atoms with Gasteiger partial charge in [0.25, 0.3) is 0 Å². The summed E-state index contributed by atoms with van der Waals surface area (Å²) in [7, 11) is 0. The first-order valence-electron chi connectivity index (χ1n) is 11.1. The second-order valence-electron chi connectivity index (χ2n) is 10.7. The number of carbonyl (C=O) groups is 1. The lowest BCUT2D eigenvalue weighted by atomic mass is 9.47. The number of fused-ring (bicyclic) bond motifs is 2. The first-order chi connectivity index (χ1) is 12.7. The Kier molecular flexibility index (Phi) is 6.03. The maximum atomic E-state index is 12.1. The van der Waals surface area contributed by atoms with E-state index in [1.807, 2.05) is 0 Å². The van der Waals surface area contributed by atoms with Gasteiger partial charge in [0.05, 0.1) is 0 Å². The van der Waals surface area contributed by atoms with E-state index in [-0.39, 0.29) is 16.7 Å². The van der Waals surface area contributed by atoms with Crippen molar-refractivity contribution in [2.24, 2.45) is 22.5 Å². The molecule has 4 rings (SSSR count). The van der Waals surface area contributed by atoms with Crippen molar-refractivity contribution in [1.29, 1.82) is 0 Å². The fourth-order valence-corrected chi connectivity index (χ4v) is 6.56. The van der Waals surface area contributed by atoms with E-state index < -0.39 is 0 Å². The zero-order chi connectivity index (χ0) is 19.5. The van der Waals surface area contributed by atoms with E-state index in [9.17, 15) is 4.79 Å². The molecule has 3 aliphatic rings. The van der Waals surface area contributed by atoms with Gasteiger partial charge in [0, 0.05) is 5.41 Å². The third-order valence-electron chi connectivity index (χ3n) is 7.29. The maximum absolute atomic E-state index is 12.1. The van der Waals surface area contributed by atoms with Crippen LogP contribution in [0.3, 0.4) is 0 Å². The first kappa shape index (κ1) is 20.4. The van der Waals surface area contributed by atoms with Crippen LogP contribution in [0.5, 0.6) is 0 Å². The highest BCUT2D eigenvalue weighted by Gasteiger charge is 2.54. The molecule has 3 atom stereocenters. The number of primary amides is 1. The molecule has 3 aliphatic carbocycles. The molecule has 3 saturated carbocycles. The van der Waals surface area contributed by atoms with Crippen molar-refractivity contribution in [2.45, 2.75) is 96.8 Å². The van der Waals surface area contributed by atoms with E-state index in [1.54, 1.807) is 0 Å². The second-order valence-corrected chi connectivity index (χ2v) is 10.7. The van der Waals surface area contributed by atoms with Crippen LogP contribution in [0, 0.1) is 16.7 Å². The maximum Gasteiger partial charge on any atom is 0.223 e. The number of amides is 1. The number of hydrogen-bond acceptors (Lipinski definition) is 1. The van der Waals surface area contributed by atoms with Crippen LogP contribution in [-0.2, 0) is 10.2 Å². The number of hydrogen-bond donors (Lipinski definition) is 1. The molecule has 3 unspecified atom stereocenters. The Morgan fingerprint density at radius 1 is 0.852 bits per heavy atom. The minimum atomic E-state index is -0.352. The third-order valence-corrected chi connectivity index (χ3v) is 7.29. The molecule has 0 aromatic heterocycles. The van der Waals surface area contributed by atoms with Gasteiger partial charge in [-0.3, -0.25) is 4.79 Å². The fraction of sp³-hybridized carbons (Fsp3) is 0.720. The van der Waals surface area contributed by atoms with Crippen molar-refractivity contribution in [2.75, 3.05) is 0 Å². The topological polar surface area (TPSA) is 43.1 Å². The molecule has 2 nitrogen and oxygen atoms in total. The summed E-state index contributed by atoms with van der Waals surface area (Å²) in [5, 5.41) is 0. The van der Waals surface area contributed by atoms with Gasteiger partial charge in [0.2, 0.25) is 5.91 Å². The summed E-state index contributed by atoms with van der Waals surface area (Å²) in [5.74, 6) is 0.493. The Morgan fingerprint density at radius 2 is 1.41 bits per heavy atom. The second kappa shape index (κ2) is 7.97. The van der Waals surface area contributed by atoms with Gasteiger partial charge in [-0.25, -0.2) is 0 Å². The summed E-state index contributed by atoms with van der Waals surface area (Å²) in [6.07, 6.45) is 14.4. The highest BCUT2D eigenvalue weighted by molar-refractivity contribution is 5.80. The van der Waals surface area contributed by atoms with Crippen molar-refractivity contribution < 1.29 is 4.79 Å². The van der Waals surface area contributed by atoms with Gasteiger partial charge in [-0.15, -0.1) is 0 Å². The largest absolute Gasteiger partial charge is 0.369 e. The number of benzene rings is 1. The lowest BCUT2D eigenvalue weighted by Crippen LogP contribution is -2.52. The molecule has 0 radical (unpaired) electrons. The van der Waals surface area contributed by atoms with Crippen LogP contribution in [0.2, 0.25) is 0 Å². The van der Waals surface area contributed by atoms with E-state index in [0.717, 1.165) is 19.3 Å². The van der Waals surface area contributed by atoms with Crippen LogP contribution in [0.4, 0.5) is 0 Å². The van der Waals surface area contributed by atoms with E-state index >= 15 is 0 Å². The summed E-state index contributed by atoms with van der Waals surface area (Å²) in [6.45, 7) is 6.84. The Bertz CT molecular complexity index is 621. The Morgan fingerprint density at radius 3 is 1.93 bits per heavy atom. The molecular weight excluding hydrogens is 330 g/mol. The van der Waals surface area contributed by atoms with E-state index in [2.05, 4.69) is 51.1 Å². The zero-order valence-electron chi connectivity index (χ0n) is 17.7. The van der Waals surface area contributed by atoms with Gasteiger partial charge in [0.1, 0.15) is 0 Å². The number of nitrogens with two attached hydrogens (primary N) is 1. The quantitative estimate of drug-likeness (QED) is 0.646. The van der Waals surface area contributed by atoms with E-state index in [1.165, 1.54) is 56.9 Å². The molecule has 0 spiro atoms. The van der Waals surface area contributed by atoms with Crippen LogP contribution in [0.15, 0.2) is 30.3 Å².